The van der Waals surface area contributed by atoms with Gasteiger partial charge in [-0.3, -0.25) is 9.98 Å². The number of carbonyl (C=O) groups is 4. The van der Waals surface area contributed by atoms with Gasteiger partial charge in [-0.25, -0.2) is 19.2 Å². The number of allylic oxidation sites excluding steroid dienone is 1. The Kier molecular flexibility index (Phi) is 22.8. The molecule has 0 radical (unpaired) electrons. The number of esters is 3. The zero-order chi connectivity index (χ0) is 82.3. The molecule has 4 aliphatic heterocycles. The third-order valence-corrected chi connectivity index (χ3v) is 26.9. The van der Waals surface area contributed by atoms with Gasteiger partial charge >= 0.3 is 24.1 Å². The Morgan fingerprint density at radius 2 is 0.949 bits per heavy atom. The van der Waals surface area contributed by atoms with Gasteiger partial charge in [0, 0.05) is 42.7 Å². The Bertz CT molecular complexity index is 5460. The van der Waals surface area contributed by atoms with Crippen LogP contribution in [0.25, 0.3) is 32.7 Å². The second-order valence-electron chi connectivity index (χ2n) is 34.1. The molecule has 0 bridgehead atoms. The van der Waals surface area contributed by atoms with Crippen LogP contribution < -0.4 is 38.2 Å². The number of aliphatic imine (C=N–C) groups is 2. The van der Waals surface area contributed by atoms with Gasteiger partial charge in [-0.1, -0.05) is 189 Å². The van der Waals surface area contributed by atoms with E-state index < -0.39 is 35.5 Å². The Morgan fingerprint density at radius 3 is 1.46 bits per heavy atom. The van der Waals surface area contributed by atoms with Crippen molar-refractivity contribution in [2.24, 2.45) is 56.8 Å². The van der Waals surface area contributed by atoms with Crippen LogP contribution in [0.3, 0.4) is 0 Å². The molecule has 4 heterocycles. The van der Waals surface area contributed by atoms with Crippen molar-refractivity contribution in [2.45, 2.75) is 182 Å². The third kappa shape index (κ3) is 14.7. The molecule has 117 heavy (non-hydrogen) atoms. The lowest BCUT2D eigenvalue weighted by Gasteiger charge is -2.55. The quantitative estimate of drug-likeness (QED) is 0.0438. The van der Waals surface area contributed by atoms with Crippen LogP contribution in [0.1, 0.15) is 196 Å². The normalized spacial score (nSPS) is 23.6. The van der Waals surface area contributed by atoms with E-state index in [2.05, 4.69) is 102 Å². The van der Waals surface area contributed by atoms with E-state index in [9.17, 15) is 19.2 Å². The van der Waals surface area contributed by atoms with E-state index in [-0.39, 0.29) is 22.3 Å². The van der Waals surface area contributed by atoms with E-state index in [1.807, 2.05) is 163 Å². The number of para-hydroxylation sites is 2. The maximum absolute atomic E-state index is 13.7. The molecule has 0 amide bonds. The van der Waals surface area contributed by atoms with Gasteiger partial charge in [0.1, 0.15) is 52.0 Å². The van der Waals surface area contributed by atoms with Crippen molar-refractivity contribution in [2.75, 3.05) is 23.9 Å². The van der Waals surface area contributed by atoms with Crippen molar-refractivity contribution in [1.29, 1.82) is 0 Å². The summed E-state index contributed by atoms with van der Waals surface area (Å²) >= 11 is 0. The average Bonchev–Trinajstić information content (AvgIpc) is 1.55. The molecule has 3 fully saturated rings. The summed E-state index contributed by atoms with van der Waals surface area (Å²) in [6.45, 7) is 26.5. The Balaban J connectivity index is 0.000000182. The lowest BCUT2D eigenvalue weighted by Crippen LogP contribution is -2.61. The summed E-state index contributed by atoms with van der Waals surface area (Å²) in [5.74, 6) is 7.00. The number of anilines is 2. The summed E-state index contributed by atoms with van der Waals surface area (Å²) in [4.78, 5) is 67.3. The van der Waals surface area contributed by atoms with Gasteiger partial charge in [0.2, 0.25) is 11.4 Å². The summed E-state index contributed by atoms with van der Waals surface area (Å²) in [7, 11) is 4.07. The number of benzene rings is 10. The van der Waals surface area contributed by atoms with E-state index in [1.165, 1.54) is 68.1 Å². The minimum Gasteiger partial charge on any atom is -0.459 e. The molecule has 8 aliphatic rings. The number of hydrogen-bond acceptors (Lipinski definition) is 15. The lowest BCUT2D eigenvalue weighted by molar-refractivity contribution is -0.0232. The highest BCUT2D eigenvalue weighted by atomic mass is 16.7. The predicted octanol–water partition coefficient (Wildman–Crippen LogP) is 25.0. The van der Waals surface area contributed by atoms with Gasteiger partial charge in [-0.15, -0.1) is 0 Å². The highest BCUT2D eigenvalue weighted by Gasteiger charge is 2.61. The minimum absolute atomic E-state index is 0.194. The number of rotatable bonds is 14. The van der Waals surface area contributed by atoms with Gasteiger partial charge < -0.3 is 43.0 Å². The fourth-order valence-electron chi connectivity index (χ4n) is 20.7. The van der Waals surface area contributed by atoms with Gasteiger partial charge in [0.05, 0.1) is 39.9 Å². The number of nitrogens with zero attached hydrogens (tertiary/aromatic N) is 4. The van der Waals surface area contributed by atoms with Crippen LogP contribution in [-0.2, 0) is 15.6 Å². The Labute approximate surface area is 689 Å². The topological polar surface area (TPSA) is 164 Å². The molecule has 0 saturated heterocycles. The maximum atomic E-state index is 13.7. The molecule has 0 N–H and O–H groups in total. The molecule has 604 valence electrons. The first-order chi connectivity index (χ1) is 56.5. The van der Waals surface area contributed by atoms with Crippen LogP contribution in [0.4, 0.5) is 27.5 Å². The molecule has 10 aromatic carbocycles. The van der Waals surface area contributed by atoms with Crippen molar-refractivity contribution < 1.29 is 52.3 Å². The Morgan fingerprint density at radius 1 is 0.470 bits per heavy atom. The maximum Gasteiger partial charge on any atom is 0.514 e. The fourth-order valence-corrected chi connectivity index (χ4v) is 20.7. The van der Waals surface area contributed by atoms with E-state index in [0.29, 0.717) is 73.3 Å². The second-order valence-corrected chi connectivity index (χ2v) is 34.1. The highest BCUT2D eigenvalue weighted by molar-refractivity contribution is 6.11. The number of fused-ring (bicyclic) bond motifs is 13. The highest BCUT2D eigenvalue weighted by Crippen LogP contribution is 2.64. The summed E-state index contributed by atoms with van der Waals surface area (Å²) in [6, 6.07) is 65.4. The molecule has 4 aliphatic carbocycles. The number of ether oxygens (including phenoxy) is 7. The fraction of sp³-hybridized carbons (Fsp3) is 0.373. The van der Waals surface area contributed by atoms with Crippen molar-refractivity contribution >= 4 is 80.8 Å². The van der Waals surface area contributed by atoms with Crippen LogP contribution in [-0.4, -0.2) is 68.1 Å². The summed E-state index contributed by atoms with van der Waals surface area (Å²) in [6.07, 6.45) is 19.0. The van der Waals surface area contributed by atoms with Crippen LogP contribution in [0.15, 0.2) is 234 Å². The molecular formula is C102H110N4O11. The monoisotopic (exact) mass is 1570 g/mol. The second kappa shape index (κ2) is 33.0. The number of likely N-dealkylation sites (N-methyl/N-ethyl adjacent to an activating group) is 2. The lowest BCUT2D eigenvalue weighted by atomic mass is 9.50. The largest absolute Gasteiger partial charge is 0.514 e. The molecule has 3 saturated carbocycles. The first kappa shape index (κ1) is 80.8. The van der Waals surface area contributed by atoms with Crippen LogP contribution in [0.5, 0.6) is 34.5 Å². The predicted molar refractivity (Wildman–Crippen MR) is 468 cm³/mol. The smallest absolute Gasteiger partial charge is 0.459 e. The van der Waals surface area contributed by atoms with Crippen molar-refractivity contribution in [3.8, 4) is 45.6 Å². The molecule has 0 aromatic heterocycles. The first-order valence-corrected chi connectivity index (χ1v) is 42.4. The van der Waals surface area contributed by atoms with Gasteiger partial charge in [0.25, 0.3) is 0 Å². The van der Waals surface area contributed by atoms with E-state index >= 15 is 0 Å². The van der Waals surface area contributed by atoms with Gasteiger partial charge in [-0.2, -0.15) is 0 Å². The zero-order valence-electron chi connectivity index (χ0n) is 70.1. The average molecular weight is 1570 g/mol. The van der Waals surface area contributed by atoms with Gasteiger partial charge in [0.15, 0.2) is 0 Å². The molecule has 15 nitrogen and oxygen atoms in total. The van der Waals surface area contributed by atoms with Crippen molar-refractivity contribution in [1.82, 2.24) is 0 Å². The summed E-state index contributed by atoms with van der Waals surface area (Å²) in [5.41, 5.74) is 8.60. The molecule has 10 aromatic rings. The standard InChI is InChI=1S/C56H66N2O6.C42H32N2O5.2C2H6/c1-34(2)12-10-13-35(3)40-24-25-42-41(40)26-28-47-44(42)23-18-36-32-39(30-31-55(36,47)6)63-53(60)62-38-21-19-37(20-22-38)61-52(59)46-15-11-14-45-43(46)27-29-50-51(45)57-33-56(64-50)54(4,5)48-16-8-9-17-49(48)58(56)7;1-41(2)35-14-7-8-15-36(35)44(3)42(41)26-43-38-33-12-9-13-34(32(33)24-25-37(38)49-42)40(46)48-31-22-20-30(21-23-31)47-39(45)29-18-16-28(17-19-29)27-10-5-4-6-11-27;2*1-2/h8-9,11,14-22,27,29,33-35,39-42,44,47H,10,12-13,23-26,28,30-32H2,1-7H3;4-26H,1-3H3;2*1-2H3/t35-,39+,40-,41?,42-,44+,47+,55+,56?;;;/m1.../s1. The molecule has 2 spiro atoms. The van der Waals surface area contributed by atoms with Gasteiger partial charge in [-0.05, 0) is 262 Å². The SMILES string of the molecule is CC.CC.CC(C)CCC[C@@H](C)[C@H]1CC[C@@H]2C1CC[C@H]1[C@H]2CC=C2C[C@@H](OC(=O)Oc3ccc(OC(=O)c4cccc5c6c(ccc45)OC4(C=N6)N(C)c5ccccc5C4(C)C)cc3)CC[C@@]21C.CN1c2ccccc2C(C)(C)C12C=Nc1c(ccc3c(C(=O)Oc4ccc(OC(=O)c5ccc(-c6ccccc6)cc5)cc4)cccc13)O2. The van der Waals surface area contributed by atoms with E-state index in [0.717, 1.165) is 94.0 Å². The summed E-state index contributed by atoms with van der Waals surface area (Å²) in [5, 5.41) is 3.00. The van der Waals surface area contributed by atoms with Crippen molar-refractivity contribution in [3.05, 3.63) is 252 Å². The first-order valence-electron chi connectivity index (χ1n) is 42.4. The molecule has 10 atom stereocenters. The Hall–Kier alpha value is -11.3. The van der Waals surface area contributed by atoms with Crippen molar-refractivity contribution in [3.63, 3.8) is 0 Å². The molecule has 18 rings (SSSR count). The summed E-state index contributed by atoms with van der Waals surface area (Å²) < 4.78 is 42.5. The van der Waals surface area contributed by atoms with Crippen LogP contribution >= 0.6 is 0 Å². The molecule has 15 heteroatoms. The van der Waals surface area contributed by atoms with Crippen LogP contribution in [0.2, 0.25) is 0 Å². The zero-order valence-corrected chi connectivity index (χ0v) is 70.1. The number of carbonyl (C=O) groups excluding carboxylic acids is 4. The minimum atomic E-state index is -0.806. The third-order valence-electron chi connectivity index (χ3n) is 26.9. The van der Waals surface area contributed by atoms with Crippen LogP contribution in [0, 0.1) is 46.8 Å². The number of hydrogen-bond donors (Lipinski definition) is 0. The van der Waals surface area contributed by atoms with E-state index in [1.54, 1.807) is 72.8 Å². The molecule has 3 unspecified atom stereocenters. The van der Waals surface area contributed by atoms with E-state index in [4.69, 9.17) is 43.1 Å². The molecular weight excluding hydrogens is 1460 g/mol.